The predicted octanol–water partition coefficient (Wildman–Crippen LogP) is 2.78. The maximum absolute atomic E-state index is 11.2. The molecule has 0 radical (unpaired) electrons. The Bertz CT molecular complexity index is 335. The van der Waals surface area contributed by atoms with Gasteiger partial charge in [-0.05, 0) is 17.5 Å². The molecule has 2 rings (SSSR count). The Morgan fingerprint density at radius 3 is 2.38 bits per heavy atom. The van der Waals surface area contributed by atoms with Gasteiger partial charge in [0.25, 0.3) is 0 Å². The van der Waals surface area contributed by atoms with Gasteiger partial charge in [-0.25, -0.2) is 0 Å². The Morgan fingerprint density at radius 2 is 2.00 bits per heavy atom. The normalized spacial score (nSPS) is 20.9. The molecule has 1 nitrogen and oxygen atoms in total. The minimum Gasteiger partial charge on any atom is -0.299 e. The average Bonchev–Trinajstić information content (AvgIpc) is 2.17. The fraction of sp³-hybridized carbons (Fsp3) is 0.250. The number of hydrogen-bond donors (Lipinski definition) is 0. The minimum atomic E-state index is 0.180. The van der Waals surface area contributed by atoms with Gasteiger partial charge in [0.2, 0.25) is 0 Å². The van der Waals surface area contributed by atoms with Gasteiger partial charge >= 0.3 is 0 Å². The summed E-state index contributed by atoms with van der Waals surface area (Å²) >= 11 is 0. The fourth-order valence-corrected chi connectivity index (χ4v) is 1.62. The van der Waals surface area contributed by atoms with Crippen molar-refractivity contribution in [3.05, 3.63) is 42.0 Å². The van der Waals surface area contributed by atoms with Crippen LogP contribution in [0.3, 0.4) is 0 Å². The maximum Gasteiger partial charge on any atom is 0.140 e. The van der Waals surface area contributed by atoms with E-state index in [0.717, 1.165) is 24.0 Å². The van der Waals surface area contributed by atoms with E-state index in [-0.39, 0.29) is 5.92 Å². The summed E-state index contributed by atoms with van der Waals surface area (Å²) in [5.41, 5.74) is 2.26. The van der Waals surface area contributed by atoms with Gasteiger partial charge in [-0.1, -0.05) is 36.9 Å². The van der Waals surface area contributed by atoms with E-state index in [4.69, 9.17) is 0 Å². The van der Waals surface area contributed by atoms with Gasteiger partial charge < -0.3 is 0 Å². The molecule has 66 valence electrons. The lowest BCUT2D eigenvalue weighted by Gasteiger charge is -2.24. The van der Waals surface area contributed by atoms with E-state index in [1.807, 2.05) is 30.3 Å². The van der Waals surface area contributed by atoms with Crippen molar-refractivity contribution in [1.29, 1.82) is 0 Å². The minimum absolute atomic E-state index is 0.180. The van der Waals surface area contributed by atoms with Gasteiger partial charge in [0.05, 0.1) is 0 Å². The largest absolute Gasteiger partial charge is 0.299 e. The van der Waals surface area contributed by atoms with Crippen molar-refractivity contribution in [1.82, 2.24) is 0 Å². The van der Waals surface area contributed by atoms with Crippen molar-refractivity contribution in [3.63, 3.8) is 0 Å². The quantitative estimate of drug-likeness (QED) is 0.670. The highest BCUT2D eigenvalue weighted by molar-refractivity contribution is 5.91. The zero-order valence-corrected chi connectivity index (χ0v) is 7.49. The second-order valence-electron chi connectivity index (χ2n) is 3.43. The Morgan fingerprint density at radius 1 is 1.31 bits per heavy atom. The third-order valence-electron chi connectivity index (χ3n) is 2.64. The molecular formula is C12H12O. The first-order valence-electron chi connectivity index (χ1n) is 4.56. The van der Waals surface area contributed by atoms with E-state index in [1.165, 1.54) is 0 Å². The van der Waals surface area contributed by atoms with Gasteiger partial charge in [0, 0.05) is 12.3 Å². The summed E-state index contributed by atoms with van der Waals surface area (Å²) in [6.45, 7) is 3.69. The maximum atomic E-state index is 11.2. The van der Waals surface area contributed by atoms with Crippen molar-refractivity contribution in [2.75, 3.05) is 0 Å². The Kier molecular flexibility index (Phi) is 2.01. The number of carbonyl (C=O) groups excluding carboxylic acids is 1. The Balaban J connectivity index is 2.22. The van der Waals surface area contributed by atoms with Crippen LogP contribution in [-0.2, 0) is 4.79 Å². The van der Waals surface area contributed by atoms with Gasteiger partial charge in [-0.2, -0.15) is 0 Å². The second kappa shape index (κ2) is 3.17. The van der Waals surface area contributed by atoms with Crippen molar-refractivity contribution in [3.8, 4) is 0 Å². The lowest BCUT2D eigenvalue weighted by atomic mass is 9.78. The Labute approximate surface area is 78.1 Å². The molecule has 1 aliphatic carbocycles. The van der Waals surface area contributed by atoms with Crippen LogP contribution >= 0.6 is 0 Å². The molecule has 1 heteroatoms. The molecule has 13 heavy (non-hydrogen) atoms. The van der Waals surface area contributed by atoms with Crippen LogP contribution in [0, 0.1) is 0 Å². The highest BCUT2D eigenvalue weighted by Crippen LogP contribution is 2.32. The van der Waals surface area contributed by atoms with E-state index >= 15 is 0 Å². The van der Waals surface area contributed by atoms with Crippen LogP contribution in [0.4, 0.5) is 0 Å². The molecule has 1 aliphatic rings. The Hall–Kier alpha value is -1.37. The highest BCUT2D eigenvalue weighted by atomic mass is 16.1. The molecule has 1 atom stereocenters. The highest BCUT2D eigenvalue weighted by Gasteiger charge is 2.28. The lowest BCUT2D eigenvalue weighted by molar-refractivity contribution is -0.125. The van der Waals surface area contributed by atoms with Crippen LogP contribution in [0.25, 0.3) is 6.08 Å². The third kappa shape index (κ3) is 1.42. The summed E-state index contributed by atoms with van der Waals surface area (Å²) in [6.07, 6.45) is 3.59. The van der Waals surface area contributed by atoms with Crippen LogP contribution < -0.4 is 0 Å². The summed E-state index contributed by atoms with van der Waals surface area (Å²) in [5.74, 6) is 0.560. The van der Waals surface area contributed by atoms with E-state index in [9.17, 15) is 4.79 Å². The molecule has 0 spiro atoms. The van der Waals surface area contributed by atoms with Crippen LogP contribution in [0.2, 0.25) is 0 Å². The zero-order chi connectivity index (χ0) is 9.26. The van der Waals surface area contributed by atoms with E-state index in [1.54, 1.807) is 0 Å². The molecule has 1 aromatic carbocycles. The van der Waals surface area contributed by atoms with E-state index < -0.39 is 0 Å². The van der Waals surface area contributed by atoms with Gasteiger partial charge in [0.15, 0.2) is 0 Å². The summed E-state index contributed by atoms with van der Waals surface area (Å²) in [7, 11) is 0. The first kappa shape index (κ1) is 8.24. The number of Topliss-reactive ketones (excluding diaryl/α,β-unsaturated/α-hetero) is 1. The number of carbonyl (C=O) groups is 1. The van der Waals surface area contributed by atoms with E-state index in [2.05, 4.69) is 6.58 Å². The molecule has 0 amide bonds. The third-order valence-corrected chi connectivity index (χ3v) is 2.64. The summed E-state index contributed by atoms with van der Waals surface area (Å²) in [6, 6.07) is 8.07. The van der Waals surface area contributed by atoms with Crippen LogP contribution in [0.15, 0.2) is 30.8 Å². The number of hydrogen-bond acceptors (Lipinski definition) is 1. The van der Waals surface area contributed by atoms with Gasteiger partial charge in [-0.3, -0.25) is 4.79 Å². The molecule has 0 N–H and O–H groups in total. The summed E-state index contributed by atoms with van der Waals surface area (Å²) < 4.78 is 0. The molecule has 0 saturated heterocycles. The molecule has 0 aromatic heterocycles. The molecule has 0 bridgehead atoms. The van der Waals surface area contributed by atoms with Crippen molar-refractivity contribution in [2.45, 2.75) is 18.8 Å². The van der Waals surface area contributed by atoms with E-state index in [0.29, 0.717) is 5.78 Å². The lowest BCUT2D eigenvalue weighted by Crippen LogP contribution is -2.22. The zero-order valence-electron chi connectivity index (χ0n) is 7.49. The van der Waals surface area contributed by atoms with Crippen molar-refractivity contribution in [2.24, 2.45) is 0 Å². The number of ketones is 1. The molecule has 1 saturated carbocycles. The molecule has 1 fully saturated rings. The van der Waals surface area contributed by atoms with Crippen molar-refractivity contribution < 1.29 is 4.79 Å². The average molecular weight is 172 g/mol. The molecule has 1 unspecified atom stereocenters. The first-order chi connectivity index (χ1) is 6.31. The van der Waals surface area contributed by atoms with Crippen molar-refractivity contribution >= 4 is 11.9 Å². The number of benzene rings is 1. The predicted molar refractivity (Wildman–Crippen MR) is 53.5 cm³/mol. The van der Waals surface area contributed by atoms with Crippen LogP contribution in [0.1, 0.15) is 29.9 Å². The summed E-state index contributed by atoms with van der Waals surface area (Å²) in [4.78, 5) is 11.2. The van der Waals surface area contributed by atoms with Crippen LogP contribution in [-0.4, -0.2) is 5.78 Å². The molecule has 0 heterocycles. The topological polar surface area (TPSA) is 17.1 Å². The monoisotopic (exact) mass is 172 g/mol. The summed E-state index contributed by atoms with van der Waals surface area (Å²) in [5, 5.41) is 0. The van der Waals surface area contributed by atoms with Crippen LogP contribution in [0.5, 0.6) is 0 Å². The SMILES string of the molecule is C=Cc1ccc(C2CCC2=O)cc1. The van der Waals surface area contributed by atoms with Gasteiger partial charge in [0.1, 0.15) is 5.78 Å². The standard InChI is InChI=1S/C12H12O/c1-2-9-3-5-10(6-4-9)11-7-8-12(11)13/h2-6,11H,1,7-8H2. The molecule has 0 aliphatic heterocycles. The molecule has 1 aromatic rings. The molecular weight excluding hydrogens is 160 g/mol. The second-order valence-corrected chi connectivity index (χ2v) is 3.43. The smallest absolute Gasteiger partial charge is 0.140 e. The fourth-order valence-electron chi connectivity index (χ4n) is 1.62. The number of rotatable bonds is 2. The van der Waals surface area contributed by atoms with Gasteiger partial charge in [-0.15, -0.1) is 0 Å². The first-order valence-corrected chi connectivity index (χ1v) is 4.56.